The van der Waals surface area contributed by atoms with Crippen molar-refractivity contribution in [2.75, 3.05) is 59.2 Å². The number of anilines is 2. The molecule has 9 heteroatoms. The third-order valence-corrected chi connectivity index (χ3v) is 6.19. The summed E-state index contributed by atoms with van der Waals surface area (Å²) in [5.74, 6) is 0.798. The number of hydrogen-bond donors (Lipinski definition) is 3. The van der Waals surface area contributed by atoms with E-state index in [2.05, 4.69) is 55.8 Å². The second-order valence-corrected chi connectivity index (χ2v) is 9.63. The van der Waals surface area contributed by atoms with Crippen molar-refractivity contribution in [3.8, 4) is 28.3 Å². The van der Waals surface area contributed by atoms with E-state index in [1.807, 2.05) is 77.5 Å². The standard InChI is InChI=1S/2C16H20N3O.Pt/c1-17-11-12-5-6-16(19(2)3)14(9-12)15-10-13(20-4)7-8-18-15;1-17-10-13-4-5-14(19(2)3)9-15(13)16-8-12(11-20)6-7-18-16;/h5-8,10,17H,11H2,1-4H3;4-8,17,20H,10-11H2,1-3H3;/q2*-1;+2. The Balaban J connectivity index is 0.000000280. The number of aliphatic hydroxyl groups is 1. The van der Waals surface area contributed by atoms with E-state index in [4.69, 9.17) is 4.74 Å². The van der Waals surface area contributed by atoms with Gasteiger partial charge in [-0.15, -0.1) is 58.7 Å². The van der Waals surface area contributed by atoms with Gasteiger partial charge in [-0.05, 0) is 81.3 Å². The monoisotopic (exact) mass is 735 g/mol. The molecule has 2 aromatic heterocycles. The molecule has 0 bridgehead atoms. The Labute approximate surface area is 259 Å². The van der Waals surface area contributed by atoms with E-state index in [1.165, 1.54) is 0 Å². The van der Waals surface area contributed by atoms with Crippen molar-refractivity contribution in [3.63, 3.8) is 0 Å². The second kappa shape index (κ2) is 16.8. The minimum atomic E-state index is 0. The molecule has 0 fully saturated rings. The summed E-state index contributed by atoms with van der Waals surface area (Å²) in [4.78, 5) is 12.9. The van der Waals surface area contributed by atoms with Crippen molar-refractivity contribution in [3.05, 3.63) is 89.7 Å². The fourth-order valence-electron chi connectivity index (χ4n) is 4.11. The summed E-state index contributed by atoms with van der Waals surface area (Å²) in [6, 6.07) is 22.7. The van der Waals surface area contributed by atoms with E-state index in [-0.39, 0.29) is 27.7 Å². The third-order valence-electron chi connectivity index (χ3n) is 6.19. The number of rotatable bonds is 10. The smallest absolute Gasteiger partial charge is 0.497 e. The van der Waals surface area contributed by atoms with Gasteiger partial charge >= 0.3 is 21.1 Å². The van der Waals surface area contributed by atoms with Gasteiger partial charge in [0.2, 0.25) is 0 Å². The molecule has 0 unspecified atom stereocenters. The maximum atomic E-state index is 9.27. The SMILES string of the molecule is CNCc1[c-]c(-c2cc(OC)ccn2)c(N(C)C)cc1.CNCc1ccc(N(C)C)[c-]c1-c1cc(CO)ccn1.[Pt+2]. The molecule has 4 rings (SSSR count). The number of nitrogens with zero attached hydrogens (tertiary/aromatic N) is 4. The Bertz CT molecular complexity index is 1380. The summed E-state index contributed by atoms with van der Waals surface area (Å²) in [5.41, 5.74) is 8.87. The summed E-state index contributed by atoms with van der Waals surface area (Å²) in [5, 5.41) is 15.6. The van der Waals surface area contributed by atoms with Gasteiger partial charge in [-0.1, -0.05) is 6.07 Å². The Morgan fingerprint density at radius 1 is 0.805 bits per heavy atom. The maximum absolute atomic E-state index is 9.27. The fraction of sp³-hybridized carbons (Fsp3) is 0.312. The molecule has 0 saturated heterocycles. The Hall–Kier alpha value is -3.29. The normalized spacial score (nSPS) is 10.2. The summed E-state index contributed by atoms with van der Waals surface area (Å²) in [6.07, 6.45) is 3.48. The van der Waals surface area contributed by atoms with Crippen LogP contribution in [0.15, 0.2) is 60.9 Å². The van der Waals surface area contributed by atoms with Crippen LogP contribution in [-0.4, -0.2) is 64.5 Å². The average Bonchev–Trinajstić information content (AvgIpc) is 2.98. The van der Waals surface area contributed by atoms with E-state index in [0.29, 0.717) is 0 Å². The van der Waals surface area contributed by atoms with Gasteiger partial charge in [-0.3, -0.25) is 0 Å². The number of methoxy groups -OCH3 is 1. The molecule has 2 heterocycles. The van der Waals surface area contributed by atoms with Gasteiger partial charge in [-0.25, -0.2) is 0 Å². The topological polar surface area (TPSA) is 85.8 Å². The summed E-state index contributed by atoms with van der Waals surface area (Å²) in [7, 11) is 13.5. The van der Waals surface area contributed by atoms with E-state index in [1.54, 1.807) is 19.5 Å². The Morgan fingerprint density at radius 2 is 1.49 bits per heavy atom. The number of benzene rings is 2. The zero-order chi connectivity index (χ0) is 29.1. The van der Waals surface area contributed by atoms with Gasteiger partial charge in [0.25, 0.3) is 0 Å². The summed E-state index contributed by atoms with van der Waals surface area (Å²) < 4.78 is 5.27. The maximum Gasteiger partial charge on any atom is 2.00 e. The molecule has 0 saturated carbocycles. The van der Waals surface area contributed by atoms with Gasteiger partial charge in [0, 0.05) is 33.0 Å². The predicted molar refractivity (Wildman–Crippen MR) is 164 cm³/mol. The molecule has 0 aliphatic rings. The molecule has 3 N–H and O–H groups in total. The quantitative estimate of drug-likeness (QED) is 0.210. The molecular weight excluding hydrogens is 695 g/mol. The number of ether oxygens (including phenoxy) is 1. The number of aliphatic hydroxyl groups excluding tert-OH is 1. The Kier molecular flexibility index (Phi) is 13.9. The van der Waals surface area contributed by atoms with Crippen LogP contribution < -0.4 is 25.2 Å². The largest absolute Gasteiger partial charge is 2.00 e. The van der Waals surface area contributed by atoms with Gasteiger partial charge in [0.05, 0.1) is 13.7 Å². The van der Waals surface area contributed by atoms with Crippen molar-refractivity contribution in [1.29, 1.82) is 0 Å². The van der Waals surface area contributed by atoms with Crippen molar-refractivity contribution in [2.24, 2.45) is 0 Å². The number of pyridine rings is 2. The molecule has 2 aromatic carbocycles. The molecule has 0 radical (unpaired) electrons. The molecule has 0 aliphatic carbocycles. The fourth-order valence-corrected chi connectivity index (χ4v) is 4.11. The van der Waals surface area contributed by atoms with E-state index >= 15 is 0 Å². The van der Waals surface area contributed by atoms with E-state index < -0.39 is 0 Å². The van der Waals surface area contributed by atoms with Crippen LogP contribution in [0.5, 0.6) is 5.75 Å². The number of aromatic nitrogens is 2. The first-order valence-electron chi connectivity index (χ1n) is 13.1. The second-order valence-electron chi connectivity index (χ2n) is 9.63. The van der Waals surface area contributed by atoms with Gasteiger partial charge in [-0.2, -0.15) is 0 Å². The third kappa shape index (κ3) is 9.37. The van der Waals surface area contributed by atoms with E-state index in [9.17, 15) is 5.11 Å². The minimum Gasteiger partial charge on any atom is -0.497 e. The van der Waals surface area contributed by atoms with Crippen molar-refractivity contribution in [2.45, 2.75) is 19.7 Å². The summed E-state index contributed by atoms with van der Waals surface area (Å²) in [6.45, 7) is 1.56. The minimum absolute atomic E-state index is 0. The van der Waals surface area contributed by atoms with Crippen LogP contribution in [0.4, 0.5) is 11.4 Å². The first-order chi connectivity index (χ1) is 19.3. The molecular formula is C32H40N6O2Pt. The number of hydrogen-bond acceptors (Lipinski definition) is 8. The zero-order valence-corrected chi connectivity index (χ0v) is 27.1. The summed E-state index contributed by atoms with van der Waals surface area (Å²) >= 11 is 0. The van der Waals surface area contributed by atoms with Gasteiger partial charge in [0.15, 0.2) is 0 Å². The van der Waals surface area contributed by atoms with E-state index in [0.717, 1.165) is 69.4 Å². The van der Waals surface area contributed by atoms with Crippen LogP contribution in [0, 0.1) is 12.1 Å². The first kappa shape index (κ1) is 33.9. The molecule has 0 amide bonds. The molecule has 0 spiro atoms. The molecule has 41 heavy (non-hydrogen) atoms. The van der Waals surface area contributed by atoms with Crippen molar-refractivity contribution >= 4 is 11.4 Å². The van der Waals surface area contributed by atoms with Crippen LogP contribution >= 0.6 is 0 Å². The number of nitrogens with one attached hydrogen (secondary N) is 2. The molecule has 4 aromatic rings. The van der Waals surface area contributed by atoms with Crippen LogP contribution in [-0.2, 0) is 40.8 Å². The van der Waals surface area contributed by atoms with Crippen LogP contribution in [0.25, 0.3) is 22.5 Å². The molecule has 8 nitrogen and oxygen atoms in total. The van der Waals surface area contributed by atoms with Crippen LogP contribution in [0.1, 0.15) is 16.7 Å². The van der Waals surface area contributed by atoms with Crippen LogP contribution in [0.2, 0.25) is 0 Å². The molecule has 0 atom stereocenters. The average molecular weight is 736 g/mol. The Morgan fingerprint density at radius 3 is 2.10 bits per heavy atom. The zero-order valence-electron chi connectivity index (χ0n) is 24.9. The molecule has 220 valence electrons. The predicted octanol–water partition coefficient (Wildman–Crippen LogP) is 4.17. The van der Waals surface area contributed by atoms with Crippen LogP contribution in [0.3, 0.4) is 0 Å². The van der Waals surface area contributed by atoms with Gasteiger partial charge in [0.1, 0.15) is 5.75 Å². The molecule has 0 aliphatic heterocycles. The van der Waals surface area contributed by atoms with Crippen molar-refractivity contribution < 1.29 is 30.9 Å². The first-order valence-corrected chi connectivity index (χ1v) is 13.1. The van der Waals surface area contributed by atoms with Crippen molar-refractivity contribution in [1.82, 2.24) is 20.6 Å². The van der Waals surface area contributed by atoms with Gasteiger partial charge < -0.3 is 40.2 Å².